The Labute approximate surface area is 159 Å². The largest absolute Gasteiger partial charge is 0.598 e. The summed E-state index contributed by atoms with van der Waals surface area (Å²) in [6, 6.07) is 0.607. The van der Waals surface area contributed by atoms with Gasteiger partial charge in [-0.2, -0.15) is 0 Å². The zero-order chi connectivity index (χ0) is 20.2. The molecule has 2 N–H and O–H groups in total. The van der Waals surface area contributed by atoms with Crippen molar-refractivity contribution in [2.24, 2.45) is 11.7 Å². The lowest BCUT2D eigenvalue weighted by molar-refractivity contribution is -0.122. The van der Waals surface area contributed by atoms with E-state index in [2.05, 4.69) is 0 Å². The second kappa shape index (κ2) is 12.9. The standard InChI is InChI=1S/C15H36N2O7Si2/c1-8-11-17(26(22-5,23-6)24-7)13-14(15(16)18)10-9-12-25(19-2,20-3)21-4/h14H,8-13H2,1-7H3,(H2,16,18). The molecule has 0 aliphatic rings. The highest BCUT2D eigenvalue weighted by molar-refractivity contribution is 6.60. The highest BCUT2D eigenvalue weighted by Gasteiger charge is 2.47. The van der Waals surface area contributed by atoms with Crippen LogP contribution in [0.5, 0.6) is 0 Å². The molecule has 156 valence electrons. The summed E-state index contributed by atoms with van der Waals surface area (Å²) < 4.78 is 34.9. The fourth-order valence-electron chi connectivity index (χ4n) is 2.96. The van der Waals surface area contributed by atoms with Crippen molar-refractivity contribution in [1.82, 2.24) is 4.57 Å². The molecule has 0 rings (SSSR count). The maximum atomic E-state index is 12.0. The van der Waals surface area contributed by atoms with Crippen molar-refractivity contribution in [2.45, 2.75) is 32.2 Å². The number of rotatable bonds is 16. The summed E-state index contributed by atoms with van der Waals surface area (Å²) in [6.45, 7) is 3.13. The maximum absolute atomic E-state index is 12.0. The van der Waals surface area contributed by atoms with Crippen molar-refractivity contribution in [3.8, 4) is 0 Å². The number of nitrogens with zero attached hydrogens (tertiary/aromatic N) is 1. The fraction of sp³-hybridized carbons (Fsp3) is 0.933. The minimum absolute atomic E-state index is 0.364. The molecule has 0 bridgehead atoms. The van der Waals surface area contributed by atoms with Gasteiger partial charge >= 0.3 is 17.8 Å². The van der Waals surface area contributed by atoms with Gasteiger partial charge < -0.3 is 32.3 Å². The van der Waals surface area contributed by atoms with E-state index in [0.717, 1.165) is 6.42 Å². The van der Waals surface area contributed by atoms with E-state index >= 15 is 0 Å². The molecule has 9 nitrogen and oxygen atoms in total. The Morgan fingerprint density at radius 1 is 0.962 bits per heavy atom. The van der Waals surface area contributed by atoms with E-state index in [9.17, 15) is 4.79 Å². The van der Waals surface area contributed by atoms with Gasteiger partial charge in [0.2, 0.25) is 5.91 Å². The molecule has 0 radical (unpaired) electrons. The van der Waals surface area contributed by atoms with Gasteiger partial charge in [-0.05, 0) is 25.8 Å². The molecular formula is C15H36N2O7Si2. The van der Waals surface area contributed by atoms with Gasteiger partial charge in [-0.25, -0.2) is 0 Å². The van der Waals surface area contributed by atoms with Crippen molar-refractivity contribution in [3.63, 3.8) is 0 Å². The highest BCUT2D eigenvalue weighted by Crippen LogP contribution is 2.22. The number of hydrogen-bond acceptors (Lipinski definition) is 8. The van der Waals surface area contributed by atoms with Crippen LogP contribution in [0.2, 0.25) is 6.04 Å². The lowest BCUT2D eigenvalue weighted by Crippen LogP contribution is -2.61. The molecule has 1 unspecified atom stereocenters. The van der Waals surface area contributed by atoms with Crippen LogP contribution in [0, 0.1) is 5.92 Å². The summed E-state index contributed by atoms with van der Waals surface area (Å²) in [5.41, 5.74) is 5.64. The zero-order valence-electron chi connectivity index (χ0n) is 17.2. The molecule has 0 aliphatic carbocycles. The molecule has 1 atom stereocenters. The lowest BCUT2D eigenvalue weighted by atomic mass is 10.0. The predicted octanol–water partition coefficient (Wildman–Crippen LogP) is 0.833. The van der Waals surface area contributed by atoms with Crippen molar-refractivity contribution in [1.29, 1.82) is 0 Å². The molecule has 1 amide bonds. The van der Waals surface area contributed by atoms with Crippen LogP contribution in [0.4, 0.5) is 0 Å². The molecule has 0 saturated carbocycles. The van der Waals surface area contributed by atoms with Gasteiger partial charge in [-0.3, -0.25) is 9.36 Å². The van der Waals surface area contributed by atoms with Crippen LogP contribution in [0.25, 0.3) is 0 Å². The summed E-state index contributed by atoms with van der Waals surface area (Å²) in [5, 5.41) is 0. The maximum Gasteiger partial charge on any atom is 0.598 e. The van der Waals surface area contributed by atoms with E-state index < -0.39 is 17.8 Å². The first-order chi connectivity index (χ1) is 12.3. The Hall–Kier alpha value is -0.376. The summed E-state index contributed by atoms with van der Waals surface area (Å²) in [4.78, 5) is 12.0. The van der Waals surface area contributed by atoms with Crippen LogP contribution in [-0.4, -0.2) is 84.0 Å². The first kappa shape index (κ1) is 25.6. The molecule has 0 aromatic rings. The predicted molar refractivity (Wildman–Crippen MR) is 102 cm³/mol. The molecule has 0 aromatic carbocycles. The zero-order valence-corrected chi connectivity index (χ0v) is 19.2. The van der Waals surface area contributed by atoms with Crippen LogP contribution in [0.1, 0.15) is 26.2 Å². The minimum Gasteiger partial charge on any atom is -0.377 e. The monoisotopic (exact) mass is 412 g/mol. The van der Waals surface area contributed by atoms with Crippen LogP contribution >= 0.6 is 0 Å². The third-order valence-corrected chi connectivity index (χ3v) is 10.0. The van der Waals surface area contributed by atoms with E-state index in [1.54, 1.807) is 42.7 Å². The Morgan fingerprint density at radius 2 is 1.46 bits per heavy atom. The highest BCUT2D eigenvalue weighted by atomic mass is 28.4. The van der Waals surface area contributed by atoms with Crippen molar-refractivity contribution in [2.75, 3.05) is 55.7 Å². The van der Waals surface area contributed by atoms with Gasteiger partial charge in [-0.15, -0.1) is 0 Å². The second-order valence-corrected chi connectivity index (χ2v) is 11.9. The van der Waals surface area contributed by atoms with Crippen LogP contribution in [-0.2, 0) is 31.4 Å². The van der Waals surface area contributed by atoms with Crippen LogP contribution < -0.4 is 5.73 Å². The third kappa shape index (κ3) is 6.98. The molecule has 0 saturated heterocycles. The van der Waals surface area contributed by atoms with Gasteiger partial charge in [0.05, 0.1) is 0 Å². The fourth-order valence-corrected chi connectivity index (χ4v) is 6.92. The smallest absolute Gasteiger partial charge is 0.377 e. The quantitative estimate of drug-likeness (QED) is 0.372. The molecule has 0 spiro atoms. The summed E-state index contributed by atoms with van der Waals surface area (Å²) in [7, 11) is 3.70. The topological polar surface area (TPSA) is 102 Å². The van der Waals surface area contributed by atoms with Crippen LogP contribution in [0.15, 0.2) is 0 Å². The van der Waals surface area contributed by atoms with Gasteiger partial charge in [-0.1, -0.05) is 6.92 Å². The number of carbonyl (C=O) groups is 1. The minimum atomic E-state index is -3.01. The summed E-state index contributed by atoms with van der Waals surface area (Å²) >= 11 is 0. The van der Waals surface area contributed by atoms with Gasteiger partial charge in [0.25, 0.3) is 0 Å². The Bertz CT molecular complexity index is 380. The summed E-state index contributed by atoms with van der Waals surface area (Å²) in [6.07, 6.45) is 2.14. The third-order valence-electron chi connectivity index (χ3n) is 4.47. The van der Waals surface area contributed by atoms with E-state index in [1.807, 2.05) is 11.5 Å². The molecule has 0 heterocycles. The molecule has 0 aromatic heterocycles. The molecular weight excluding hydrogens is 376 g/mol. The second-order valence-electron chi connectivity index (χ2n) is 5.87. The van der Waals surface area contributed by atoms with Gasteiger partial charge in [0, 0.05) is 61.2 Å². The van der Waals surface area contributed by atoms with Gasteiger partial charge in [0.1, 0.15) is 0 Å². The molecule has 26 heavy (non-hydrogen) atoms. The van der Waals surface area contributed by atoms with E-state index in [-0.39, 0.29) is 11.8 Å². The van der Waals surface area contributed by atoms with Gasteiger partial charge in [0.15, 0.2) is 0 Å². The van der Waals surface area contributed by atoms with E-state index in [1.165, 1.54) is 0 Å². The Balaban J connectivity index is 5.09. The first-order valence-electron chi connectivity index (χ1n) is 8.69. The van der Waals surface area contributed by atoms with E-state index in [4.69, 9.17) is 32.3 Å². The van der Waals surface area contributed by atoms with Crippen molar-refractivity contribution < 1.29 is 31.4 Å². The van der Waals surface area contributed by atoms with Crippen molar-refractivity contribution in [3.05, 3.63) is 0 Å². The lowest BCUT2D eigenvalue weighted by Gasteiger charge is -2.36. The Kier molecular flexibility index (Phi) is 12.7. The number of carbonyl (C=O) groups excluding carboxylic acids is 1. The Morgan fingerprint density at radius 3 is 1.81 bits per heavy atom. The number of nitrogens with two attached hydrogens (primary N) is 1. The molecule has 11 heteroatoms. The molecule has 0 fully saturated rings. The number of hydrogen-bond donors (Lipinski definition) is 1. The van der Waals surface area contributed by atoms with Crippen LogP contribution in [0.3, 0.4) is 0 Å². The number of amides is 1. The first-order valence-corrected chi connectivity index (χ1v) is 12.3. The SMILES string of the molecule is CCCN(CC(CCC[Si](OC)(OC)OC)C(N)=O)[Si](OC)(OC)OC. The van der Waals surface area contributed by atoms with E-state index in [0.29, 0.717) is 32.0 Å². The molecule has 0 aliphatic heterocycles. The average Bonchev–Trinajstić information content (AvgIpc) is 2.66. The van der Waals surface area contributed by atoms with Crippen molar-refractivity contribution >= 4 is 23.7 Å². The normalized spacial score (nSPS) is 14.0. The number of primary amides is 1. The summed E-state index contributed by atoms with van der Waals surface area (Å²) in [5.74, 6) is -0.733. The average molecular weight is 413 g/mol.